The highest BCUT2D eigenvalue weighted by atomic mass is 32.2. The SMILES string of the molecule is CCn1c(SCC(=O)N2CCC(C(=O)N3CCCC3)CC2)nnc1-c1cccc(C)c1. The zero-order valence-electron chi connectivity index (χ0n) is 18.4. The lowest BCUT2D eigenvalue weighted by Crippen LogP contribution is -2.44. The lowest BCUT2D eigenvalue weighted by atomic mass is 9.95. The van der Waals surface area contributed by atoms with Crippen LogP contribution in [0.4, 0.5) is 0 Å². The first-order valence-corrected chi connectivity index (χ1v) is 12.2. The van der Waals surface area contributed by atoms with E-state index in [1.165, 1.54) is 17.3 Å². The number of aryl methyl sites for hydroxylation is 1. The molecule has 1 aromatic carbocycles. The minimum Gasteiger partial charge on any atom is -0.342 e. The second-order valence-electron chi connectivity index (χ2n) is 8.40. The van der Waals surface area contributed by atoms with Crippen LogP contribution >= 0.6 is 11.8 Å². The Balaban J connectivity index is 1.32. The van der Waals surface area contributed by atoms with Crippen LogP contribution in [0.15, 0.2) is 29.4 Å². The number of hydrogen-bond donors (Lipinski definition) is 0. The molecule has 2 aliphatic rings. The Morgan fingerprint density at radius 2 is 1.81 bits per heavy atom. The van der Waals surface area contributed by atoms with Crippen LogP contribution in [0.5, 0.6) is 0 Å². The summed E-state index contributed by atoms with van der Waals surface area (Å²) in [5.74, 6) is 1.66. The molecular formula is C23H31N5O2S. The summed E-state index contributed by atoms with van der Waals surface area (Å²) in [6, 6.07) is 8.22. The number of nitrogens with zero attached hydrogens (tertiary/aromatic N) is 5. The fourth-order valence-electron chi connectivity index (χ4n) is 4.47. The van der Waals surface area contributed by atoms with Gasteiger partial charge in [0.15, 0.2) is 11.0 Å². The Morgan fingerprint density at radius 3 is 2.48 bits per heavy atom. The number of carbonyl (C=O) groups is 2. The van der Waals surface area contributed by atoms with Gasteiger partial charge >= 0.3 is 0 Å². The molecular weight excluding hydrogens is 410 g/mol. The first-order chi connectivity index (χ1) is 15.1. The molecule has 0 spiro atoms. The van der Waals surface area contributed by atoms with Gasteiger partial charge in [-0.25, -0.2) is 0 Å². The molecule has 2 aromatic rings. The molecule has 0 bridgehead atoms. The average Bonchev–Trinajstić information content (AvgIpc) is 3.47. The molecule has 1 aromatic heterocycles. The van der Waals surface area contributed by atoms with Gasteiger partial charge in [-0.2, -0.15) is 0 Å². The van der Waals surface area contributed by atoms with Gasteiger partial charge in [0, 0.05) is 44.2 Å². The highest BCUT2D eigenvalue weighted by molar-refractivity contribution is 7.99. The first kappa shape index (κ1) is 21.9. The summed E-state index contributed by atoms with van der Waals surface area (Å²) in [6.07, 6.45) is 3.78. The van der Waals surface area contributed by atoms with E-state index >= 15 is 0 Å². The maximum atomic E-state index is 12.8. The molecule has 0 atom stereocenters. The third-order valence-electron chi connectivity index (χ3n) is 6.25. The second-order valence-corrected chi connectivity index (χ2v) is 9.34. The summed E-state index contributed by atoms with van der Waals surface area (Å²) in [4.78, 5) is 29.3. The number of likely N-dealkylation sites (tertiary alicyclic amines) is 2. The summed E-state index contributed by atoms with van der Waals surface area (Å²) in [6.45, 7) is 8.01. The predicted molar refractivity (Wildman–Crippen MR) is 122 cm³/mol. The van der Waals surface area contributed by atoms with Crippen molar-refractivity contribution in [1.82, 2.24) is 24.6 Å². The molecule has 31 heavy (non-hydrogen) atoms. The zero-order valence-corrected chi connectivity index (χ0v) is 19.2. The lowest BCUT2D eigenvalue weighted by Gasteiger charge is -2.33. The van der Waals surface area contributed by atoms with E-state index in [4.69, 9.17) is 0 Å². The van der Waals surface area contributed by atoms with Gasteiger partial charge in [-0.15, -0.1) is 10.2 Å². The summed E-state index contributed by atoms with van der Waals surface area (Å²) in [5, 5.41) is 9.50. The molecule has 8 heteroatoms. The number of thioether (sulfide) groups is 1. The number of aromatic nitrogens is 3. The van der Waals surface area contributed by atoms with Crippen molar-refractivity contribution in [3.05, 3.63) is 29.8 Å². The van der Waals surface area contributed by atoms with Gasteiger partial charge in [0.25, 0.3) is 0 Å². The molecule has 166 valence electrons. The molecule has 7 nitrogen and oxygen atoms in total. The molecule has 4 rings (SSSR count). The topological polar surface area (TPSA) is 71.3 Å². The smallest absolute Gasteiger partial charge is 0.233 e. The van der Waals surface area contributed by atoms with Crippen molar-refractivity contribution in [3.8, 4) is 11.4 Å². The molecule has 2 amide bonds. The van der Waals surface area contributed by atoms with Crippen LogP contribution in [0, 0.1) is 12.8 Å². The Hall–Kier alpha value is -2.35. The van der Waals surface area contributed by atoms with Crippen molar-refractivity contribution in [3.63, 3.8) is 0 Å². The number of benzene rings is 1. The van der Waals surface area contributed by atoms with E-state index in [0.717, 1.165) is 61.9 Å². The molecule has 0 aliphatic carbocycles. The molecule has 0 saturated carbocycles. The highest BCUT2D eigenvalue weighted by Crippen LogP contribution is 2.26. The zero-order chi connectivity index (χ0) is 21.8. The maximum Gasteiger partial charge on any atom is 0.233 e. The van der Waals surface area contributed by atoms with Crippen LogP contribution < -0.4 is 0 Å². The minimum atomic E-state index is 0.0786. The van der Waals surface area contributed by atoms with Crippen molar-refractivity contribution in [2.45, 2.75) is 51.2 Å². The standard InChI is InChI=1S/C23H31N5O2S/c1-3-28-21(19-8-6-7-17(2)15-19)24-25-23(28)31-16-20(29)26-13-9-18(10-14-26)22(30)27-11-4-5-12-27/h6-8,15,18H,3-5,9-14,16H2,1-2H3. The van der Waals surface area contributed by atoms with Crippen LogP contribution in [0.3, 0.4) is 0 Å². The molecule has 0 radical (unpaired) electrons. The summed E-state index contributed by atoms with van der Waals surface area (Å²) < 4.78 is 2.06. The number of amides is 2. The van der Waals surface area contributed by atoms with Gasteiger partial charge in [0.2, 0.25) is 11.8 Å². The quantitative estimate of drug-likeness (QED) is 0.644. The van der Waals surface area contributed by atoms with Crippen molar-refractivity contribution in [2.24, 2.45) is 5.92 Å². The molecule has 2 aliphatic heterocycles. The van der Waals surface area contributed by atoms with E-state index in [2.05, 4.69) is 40.7 Å². The average molecular weight is 442 g/mol. The van der Waals surface area contributed by atoms with Gasteiger partial charge < -0.3 is 14.4 Å². The van der Waals surface area contributed by atoms with Gasteiger partial charge in [0.05, 0.1) is 5.75 Å². The van der Waals surface area contributed by atoms with Gasteiger partial charge in [-0.1, -0.05) is 35.5 Å². The molecule has 2 fully saturated rings. The first-order valence-electron chi connectivity index (χ1n) is 11.3. The number of carbonyl (C=O) groups excluding carboxylic acids is 2. The number of hydrogen-bond acceptors (Lipinski definition) is 5. The van der Waals surface area contributed by atoms with E-state index in [1.807, 2.05) is 21.9 Å². The second kappa shape index (κ2) is 9.85. The van der Waals surface area contributed by atoms with E-state index in [-0.39, 0.29) is 11.8 Å². The molecule has 0 N–H and O–H groups in total. The van der Waals surface area contributed by atoms with E-state index in [9.17, 15) is 9.59 Å². The van der Waals surface area contributed by atoms with Gasteiger partial charge in [0.1, 0.15) is 0 Å². The Morgan fingerprint density at radius 1 is 1.06 bits per heavy atom. The molecule has 0 unspecified atom stereocenters. The van der Waals surface area contributed by atoms with Crippen LogP contribution in [-0.2, 0) is 16.1 Å². The number of piperidine rings is 1. The highest BCUT2D eigenvalue weighted by Gasteiger charge is 2.31. The lowest BCUT2D eigenvalue weighted by molar-refractivity contribution is -0.139. The largest absolute Gasteiger partial charge is 0.342 e. The van der Waals surface area contributed by atoms with Crippen LogP contribution in [0.2, 0.25) is 0 Å². The van der Waals surface area contributed by atoms with Crippen LogP contribution in [0.25, 0.3) is 11.4 Å². The summed E-state index contributed by atoms with van der Waals surface area (Å²) in [7, 11) is 0. The summed E-state index contributed by atoms with van der Waals surface area (Å²) in [5.41, 5.74) is 2.22. The van der Waals surface area contributed by atoms with Crippen molar-refractivity contribution in [2.75, 3.05) is 31.9 Å². The van der Waals surface area contributed by atoms with E-state index < -0.39 is 0 Å². The van der Waals surface area contributed by atoms with E-state index in [1.54, 1.807) is 0 Å². The molecule has 3 heterocycles. The third-order valence-corrected chi connectivity index (χ3v) is 7.20. The van der Waals surface area contributed by atoms with Crippen molar-refractivity contribution >= 4 is 23.6 Å². The van der Waals surface area contributed by atoms with Crippen molar-refractivity contribution < 1.29 is 9.59 Å². The Bertz CT molecular complexity index is 930. The minimum absolute atomic E-state index is 0.0786. The van der Waals surface area contributed by atoms with E-state index in [0.29, 0.717) is 24.7 Å². The van der Waals surface area contributed by atoms with Crippen LogP contribution in [0.1, 0.15) is 38.2 Å². The van der Waals surface area contributed by atoms with Gasteiger partial charge in [-0.3, -0.25) is 9.59 Å². The van der Waals surface area contributed by atoms with Crippen molar-refractivity contribution in [1.29, 1.82) is 0 Å². The fraction of sp³-hybridized carbons (Fsp3) is 0.565. The van der Waals surface area contributed by atoms with Crippen LogP contribution in [-0.4, -0.2) is 68.3 Å². The molecule has 2 saturated heterocycles. The monoisotopic (exact) mass is 441 g/mol. The fourth-order valence-corrected chi connectivity index (χ4v) is 5.37. The Kier molecular flexibility index (Phi) is 6.95. The Labute approximate surface area is 188 Å². The predicted octanol–water partition coefficient (Wildman–Crippen LogP) is 3.23. The van der Waals surface area contributed by atoms with Gasteiger partial charge in [-0.05, 0) is 45.6 Å². The number of rotatable bonds is 6. The summed E-state index contributed by atoms with van der Waals surface area (Å²) >= 11 is 1.44. The third kappa shape index (κ3) is 4.95. The normalized spacial score (nSPS) is 17.4. The maximum absolute atomic E-state index is 12.8.